The van der Waals surface area contributed by atoms with Crippen molar-refractivity contribution in [3.8, 4) is 16.2 Å². The SMILES string of the molecule is Cc1c(-c2cccc(NCc3ccc(C(=O)NC4CCCCC4)s3)c2)sc(C(=O)O)c1OCC(=O)O. The molecule has 1 amide bonds. The summed E-state index contributed by atoms with van der Waals surface area (Å²) in [7, 11) is 0. The fourth-order valence-corrected chi connectivity index (χ4v) is 6.22. The van der Waals surface area contributed by atoms with Gasteiger partial charge in [-0.3, -0.25) is 4.79 Å². The first-order valence-corrected chi connectivity index (χ1v) is 13.4. The molecular formula is C26H28N2O6S2. The Labute approximate surface area is 216 Å². The van der Waals surface area contributed by atoms with Crippen molar-refractivity contribution in [2.75, 3.05) is 11.9 Å². The second-order valence-corrected chi connectivity index (χ2v) is 10.9. The molecule has 2 aromatic heterocycles. The zero-order valence-corrected chi connectivity index (χ0v) is 21.5. The van der Waals surface area contributed by atoms with Crippen molar-refractivity contribution in [2.45, 2.75) is 51.6 Å². The fraction of sp³-hybridized carbons (Fsp3) is 0.346. The van der Waals surface area contributed by atoms with Crippen LogP contribution in [0.15, 0.2) is 36.4 Å². The second-order valence-electron chi connectivity index (χ2n) is 8.71. The number of benzene rings is 1. The molecule has 3 aromatic rings. The number of carbonyl (C=O) groups excluding carboxylic acids is 1. The summed E-state index contributed by atoms with van der Waals surface area (Å²) in [5.74, 6) is -2.26. The van der Waals surface area contributed by atoms with E-state index in [0.29, 0.717) is 21.9 Å². The van der Waals surface area contributed by atoms with Gasteiger partial charge in [-0.1, -0.05) is 31.4 Å². The number of hydrogen-bond donors (Lipinski definition) is 4. The minimum Gasteiger partial charge on any atom is -0.480 e. The maximum Gasteiger partial charge on any atom is 0.349 e. The van der Waals surface area contributed by atoms with E-state index in [1.807, 2.05) is 36.4 Å². The molecule has 4 rings (SSSR count). The smallest absolute Gasteiger partial charge is 0.349 e. The first-order valence-electron chi connectivity index (χ1n) is 11.8. The van der Waals surface area contributed by atoms with E-state index in [4.69, 9.17) is 9.84 Å². The molecule has 190 valence electrons. The molecule has 0 saturated heterocycles. The Hall–Kier alpha value is -3.37. The van der Waals surface area contributed by atoms with E-state index in [1.165, 1.54) is 30.6 Å². The zero-order chi connectivity index (χ0) is 25.7. The molecule has 4 N–H and O–H groups in total. The number of carboxylic acid groups (broad SMARTS) is 2. The summed E-state index contributed by atoms with van der Waals surface area (Å²) in [5, 5.41) is 25.0. The molecule has 2 heterocycles. The molecule has 1 aliphatic carbocycles. The highest BCUT2D eigenvalue weighted by Gasteiger charge is 2.23. The molecular weight excluding hydrogens is 500 g/mol. The Bertz CT molecular complexity index is 1260. The van der Waals surface area contributed by atoms with Crippen LogP contribution in [0.2, 0.25) is 0 Å². The van der Waals surface area contributed by atoms with Gasteiger partial charge in [-0.15, -0.1) is 22.7 Å². The van der Waals surface area contributed by atoms with Crippen LogP contribution in [-0.2, 0) is 11.3 Å². The number of carboxylic acids is 2. The number of ether oxygens (including phenoxy) is 1. The monoisotopic (exact) mass is 528 g/mol. The van der Waals surface area contributed by atoms with Crippen molar-refractivity contribution in [1.29, 1.82) is 0 Å². The number of hydrogen-bond acceptors (Lipinski definition) is 7. The molecule has 0 unspecified atom stereocenters. The van der Waals surface area contributed by atoms with Crippen molar-refractivity contribution < 1.29 is 29.3 Å². The lowest BCUT2D eigenvalue weighted by atomic mass is 9.95. The van der Waals surface area contributed by atoms with Gasteiger partial charge in [0.2, 0.25) is 0 Å². The number of aliphatic carboxylic acids is 1. The molecule has 0 aliphatic heterocycles. The Morgan fingerprint density at radius 2 is 1.83 bits per heavy atom. The van der Waals surface area contributed by atoms with Crippen molar-refractivity contribution in [3.63, 3.8) is 0 Å². The van der Waals surface area contributed by atoms with Crippen LogP contribution in [-0.4, -0.2) is 40.7 Å². The number of nitrogens with one attached hydrogen (secondary N) is 2. The summed E-state index contributed by atoms with van der Waals surface area (Å²) in [4.78, 5) is 37.6. The number of amides is 1. The van der Waals surface area contributed by atoms with E-state index in [0.717, 1.165) is 40.3 Å². The lowest BCUT2D eigenvalue weighted by Crippen LogP contribution is -2.35. The molecule has 0 bridgehead atoms. The van der Waals surface area contributed by atoms with Crippen LogP contribution in [0.3, 0.4) is 0 Å². The van der Waals surface area contributed by atoms with Gasteiger partial charge >= 0.3 is 11.9 Å². The number of anilines is 1. The predicted molar refractivity (Wildman–Crippen MR) is 141 cm³/mol. The Balaban J connectivity index is 1.43. The van der Waals surface area contributed by atoms with Crippen molar-refractivity contribution in [1.82, 2.24) is 5.32 Å². The van der Waals surface area contributed by atoms with Crippen molar-refractivity contribution in [3.05, 3.63) is 56.6 Å². The largest absolute Gasteiger partial charge is 0.480 e. The number of rotatable bonds is 10. The number of carbonyl (C=O) groups is 3. The van der Waals surface area contributed by atoms with E-state index >= 15 is 0 Å². The summed E-state index contributed by atoms with van der Waals surface area (Å²) in [6, 6.07) is 11.6. The molecule has 0 spiro atoms. The normalized spacial score (nSPS) is 13.8. The topological polar surface area (TPSA) is 125 Å². The van der Waals surface area contributed by atoms with Gasteiger partial charge in [0.1, 0.15) is 5.75 Å². The van der Waals surface area contributed by atoms with Crippen LogP contribution in [0.5, 0.6) is 5.75 Å². The quantitative estimate of drug-likeness (QED) is 0.269. The zero-order valence-electron chi connectivity index (χ0n) is 19.8. The Morgan fingerprint density at radius 3 is 2.56 bits per heavy atom. The first kappa shape index (κ1) is 25.7. The third-order valence-electron chi connectivity index (χ3n) is 6.04. The van der Waals surface area contributed by atoms with E-state index in [-0.39, 0.29) is 22.6 Å². The molecule has 36 heavy (non-hydrogen) atoms. The summed E-state index contributed by atoms with van der Waals surface area (Å²) < 4.78 is 5.28. The number of thiophene rings is 2. The highest BCUT2D eigenvalue weighted by Crippen LogP contribution is 2.42. The van der Waals surface area contributed by atoms with Crippen LogP contribution in [0.1, 0.15) is 61.9 Å². The fourth-order valence-electron chi connectivity index (χ4n) is 4.28. The molecule has 10 heteroatoms. The lowest BCUT2D eigenvalue weighted by molar-refractivity contribution is -0.139. The van der Waals surface area contributed by atoms with Crippen molar-refractivity contribution in [2.24, 2.45) is 0 Å². The summed E-state index contributed by atoms with van der Waals surface area (Å²) >= 11 is 2.52. The molecule has 1 aromatic carbocycles. The van der Waals surface area contributed by atoms with Crippen LogP contribution in [0.4, 0.5) is 5.69 Å². The predicted octanol–water partition coefficient (Wildman–Crippen LogP) is 5.62. The Morgan fingerprint density at radius 1 is 1.06 bits per heavy atom. The summed E-state index contributed by atoms with van der Waals surface area (Å²) in [5.41, 5.74) is 2.23. The van der Waals surface area contributed by atoms with Gasteiger partial charge < -0.3 is 25.6 Å². The highest BCUT2D eigenvalue weighted by molar-refractivity contribution is 7.18. The summed E-state index contributed by atoms with van der Waals surface area (Å²) in [6.45, 7) is 1.66. The molecule has 8 nitrogen and oxygen atoms in total. The highest BCUT2D eigenvalue weighted by atomic mass is 32.1. The molecule has 1 fully saturated rings. The Kier molecular flexibility index (Phi) is 8.27. The second kappa shape index (κ2) is 11.6. The third-order valence-corrected chi connectivity index (χ3v) is 8.44. The first-order chi connectivity index (χ1) is 17.3. The molecule has 1 aliphatic rings. The van der Waals surface area contributed by atoms with Crippen LogP contribution >= 0.6 is 22.7 Å². The van der Waals surface area contributed by atoms with Crippen LogP contribution in [0.25, 0.3) is 10.4 Å². The van der Waals surface area contributed by atoms with Gasteiger partial charge in [0.25, 0.3) is 5.91 Å². The van der Waals surface area contributed by atoms with Gasteiger partial charge in [-0.05, 0) is 49.6 Å². The molecule has 0 radical (unpaired) electrons. The summed E-state index contributed by atoms with van der Waals surface area (Å²) in [6.07, 6.45) is 5.68. The molecule has 0 atom stereocenters. The average molecular weight is 529 g/mol. The minimum atomic E-state index is -1.17. The molecule has 1 saturated carbocycles. The van der Waals surface area contributed by atoms with Gasteiger partial charge in [-0.2, -0.15) is 0 Å². The average Bonchev–Trinajstić information content (AvgIpc) is 3.47. The third kappa shape index (κ3) is 6.24. The van der Waals surface area contributed by atoms with Crippen LogP contribution in [0, 0.1) is 6.92 Å². The van der Waals surface area contributed by atoms with Gasteiger partial charge in [-0.25, -0.2) is 9.59 Å². The van der Waals surface area contributed by atoms with Gasteiger partial charge in [0, 0.05) is 33.6 Å². The standard InChI is InChI=1S/C26H28N2O6S2/c1-15-22(34-14-21(29)30)24(26(32)33)36-23(15)16-6-5-9-18(12-16)27-13-19-10-11-20(35-19)25(31)28-17-7-3-2-4-8-17/h5-6,9-12,17,27H,2-4,7-8,13-14H2,1H3,(H,28,31)(H,29,30)(H,32,33). The van der Waals surface area contributed by atoms with E-state index < -0.39 is 18.5 Å². The minimum absolute atomic E-state index is 0.0107. The maximum absolute atomic E-state index is 12.6. The van der Waals surface area contributed by atoms with Crippen LogP contribution < -0.4 is 15.4 Å². The number of aromatic carboxylic acids is 1. The van der Waals surface area contributed by atoms with E-state index in [2.05, 4.69) is 10.6 Å². The van der Waals surface area contributed by atoms with E-state index in [1.54, 1.807) is 6.92 Å². The van der Waals surface area contributed by atoms with Gasteiger partial charge in [0.05, 0.1) is 4.88 Å². The van der Waals surface area contributed by atoms with Gasteiger partial charge in [0.15, 0.2) is 11.5 Å². The maximum atomic E-state index is 12.6. The van der Waals surface area contributed by atoms with Crippen molar-refractivity contribution >= 4 is 46.2 Å². The van der Waals surface area contributed by atoms with E-state index in [9.17, 15) is 19.5 Å². The lowest BCUT2D eigenvalue weighted by Gasteiger charge is -2.22.